The largest absolute Gasteiger partial charge is 0.466 e. The van der Waals surface area contributed by atoms with E-state index < -0.39 is 0 Å². The lowest BCUT2D eigenvalue weighted by molar-refractivity contribution is -0.142. The molecule has 1 atom stereocenters. The van der Waals surface area contributed by atoms with Gasteiger partial charge < -0.3 is 9.47 Å². The van der Waals surface area contributed by atoms with Crippen molar-refractivity contribution < 1.29 is 14.3 Å². The Kier molecular flexibility index (Phi) is 6.57. The number of hydrogen-bond acceptors (Lipinski definition) is 3. The molecule has 0 saturated heterocycles. The highest BCUT2D eigenvalue weighted by molar-refractivity contribution is 5.65. The van der Waals surface area contributed by atoms with Crippen LogP contribution in [0.1, 0.15) is 47.0 Å². The standard InChI is InChI=1S/C12H24O3/c1-10(9-15-11(2)13)7-6-8-12(3,4)14-5/h10H,6-9H2,1-5H3/t10-/m1/s1. The lowest BCUT2D eigenvalue weighted by Gasteiger charge is -2.23. The van der Waals surface area contributed by atoms with E-state index in [0.717, 1.165) is 19.3 Å². The molecule has 0 fully saturated rings. The van der Waals surface area contributed by atoms with Crippen LogP contribution in [-0.4, -0.2) is 25.3 Å². The van der Waals surface area contributed by atoms with E-state index in [9.17, 15) is 4.79 Å². The number of rotatable bonds is 7. The van der Waals surface area contributed by atoms with Gasteiger partial charge in [-0.3, -0.25) is 4.79 Å². The molecule has 0 aromatic carbocycles. The van der Waals surface area contributed by atoms with Gasteiger partial charge in [-0.15, -0.1) is 0 Å². The van der Waals surface area contributed by atoms with E-state index in [-0.39, 0.29) is 11.6 Å². The monoisotopic (exact) mass is 216 g/mol. The van der Waals surface area contributed by atoms with Crippen LogP contribution in [0.3, 0.4) is 0 Å². The fourth-order valence-corrected chi connectivity index (χ4v) is 1.32. The number of ether oxygens (including phenoxy) is 2. The van der Waals surface area contributed by atoms with E-state index in [1.54, 1.807) is 7.11 Å². The Bertz CT molecular complexity index is 187. The van der Waals surface area contributed by atoms with E-state index >= 15 is 0 Å². The topological polar surface area (TPSA) is 35.5 Å². The molecule has 15 heavy (non-hydrogen) atoms. The van der Waals surface area contributed by atoms with E-state index in [1.807, 2.05) is 0 Å². The van der Waals surface area contributed by atoms with Crippen LogP contribution in [0.25, 0.3) is 0 Å². The van der Waals surface area contributed by atoms with Gasteiger partial charge in [0.05, 0.1) is 12.2 Å². The predicted molar refractivity (Wildman–Crippen MR) is 60.7 cm³/mol. The summed E-state index contributed by atoms with van der Waals surface area (Å²) in [5.74, 6) is 0.237. The molecule has 0 amide bonds. The minimum Gasteiger partial charge on any atom is -0.466 e. The SMILES string of the molecule is COC(C)(C)CCC[C@@H](C)COC(C)=O. The van der Waals surface area contributed by atoms with Gasteiger partial charge in [-0.2, -0.15) is 0 Å². The molecule has 0 aliphatic heterocycles. The molecular weight excluding hydrogens is 192 g/mol. The Balaban J connectivity index is 3.54. The van der Waals surface area contributed by atoms with E-state index in [1.165, 1.54) is 6.92 Å². The smallest absolute Gasteiger partial charge is 0.302 e. The van der Waals surface area contributed by atoms with Gasteiger partial charge in [0.15, 0.2) is 0 Å². The van der Waals surface area contributed by atoms with Crippen molar-refractivity contribution in [3.05, 3.63) is 0 Å². The molecule has 0 N–H and O–H groups in total. The van der Waals surface area contributed by atoms with Gasteiger partial charge in [0.2, 0.25) is 0 Å². The molecule has 0 radical (unpaired) electrons. The molecule has 0 aromatic heterocycles. The first-order valence-corrected chi connectivity index (χ1v) is 5.56. The molecule has 0 heterocycles. The second-order valence-electron chi connectivity index (χ2n) is 4.76. The fraction of sp³-hybridized carbons (Fsp3) is 0.917. The Morgan fingerprint density at radius 2 is 2.00 bits per heavy atom. The summed E-state index contributed by atoms with van der Waals surface area (Å²) in [6, 6.07) is 0. The second-order valence-corrected chi connectivity index (χ2v) is 4.76. The van der Waals surface area contributed by atoms with Crippen LogP contribution in [0.4, 0.5) is 0 Å². The van der Waals surface area contributed by atoms with Crippen LogP contribution in [0.5, 0.6) is 0 Å². The first-order valence-electron chi connectivity index (χ1n) is 5.56. The Morgan fingerprint density at radius 3 is 2.47 bits per heavy atom. The number of hydrogen-bond donors (Lipinski definition) is 0. The highest BCUT2D eigenvalue weighted by Gasteiger charge is 2.16. The van der Waals surface area contributed by atoms with Gasteiger partial charge in [0.25, 0.3) is 0 Å². The third-order valence-corrected chi connectivity index (χ3v) is 2.60. The number of carbonyl (C=O) groups excluding carboxylic acids is 1. The number of methoxy groups -OCH3 is 1. The van der Waals surface area contributed by atoms with Crippen LogP contribution in [-0.2, 0) is 14.3 Å². The average molecular weight is 216 g/mol. The van der Waals surface area contributed by atoms with Crippen LogP contribution in [0.2, 0.25) is 0 Å². The van der Waals surface area contributed by atoms with Crippen molar-refractivity contribution in [2.24, 2.45) is 5.92 Å². The number of esters is 1. The third kappa shape index (κ3) is 8.43. The van der Waals surface area contributed by atoms with Crippen molar-refractivity contribution in [3.8, 4) is 0 Å². The summed E-state index contributed by atoms with van der Waals surface area (Å²) in [7, 11) is 1.74. The molecule has 3 heteroatoms. The van der Waals surface area contributed by atoms with Gasteiger partial charge in [-0.25, -0.2) is 0 Å². The molecule has 0 unspecified atom stereocenters. The van der Waals surface area contributed by atoms with E-state index in [4.69, 9.17) is 9.47 Å². The molecular formula is C12H24O3. The van der Waals surface area contributed by atoms with Gasteiger partial charge in [-0.1, -0.05) is 13.3 Å². The summed E-state index contributed by atoms with van der Waals surface area (Å²) in [6.45, 7) is 8.25. The van der Waals surface area contributed by atoms with Crippen LogP contribution in [0.15, 0.2) is 0 Å². The highest BCUT2D eigenvalue weighted by Crippen LogP contribution is 2.19. The zero-order chi connectivity index (χ0) is 11.9. The normalized spacial score (nSPS) is 13.7. The minimum absolute atomic E-state index is 0.0405. The van der Waals surface area contributed by atoms with E-state index in [2.05, 4.69) is 20.8 Å². The van der Waals surface area contributed by atoms with Crippen molar-refractivity contribution in [2.75, 3.05) is 13.7 Å². The van der Waals surface area contributed by atoms with Crippen LogP contribution in [0, 0.1) is 5.92 Å². The maximum atomic E-state index is 10.6. The fourth-order valence-electron chi connectivity index (χ4n) is 1.32. The lowest BCUT2D eigenvalue weighted by Crippen LogP contribution is -2.22. The van der Waals surface area contributed by atoms with Crippen molar-refractivity contribution in [2.45, 2.75) is 52.6 Å². The molecule has 0 saturated carbocycles. The third-order valence-electron chi connectivity index (χ3n) is 2.60. The first kappa shape index (κ1) is 14.4. The Morgan fingerprint density at radius 1 is 1.40 bits per heavy atom. The van der Waals surface area contributed by atoms with E-state index in [0.29, 0.717) is 12.5 Å². The second kappa shape index (κ2) is 6.83. The van der Waals surface area contributed by atoms with Crippen LogP contribution < -0.4 is 0 Å². The van der Waals surface area contributed by atoms with Crippen molar-refractivity contribution in [3.63, 3.8) is 0 Å². The summed E-state index contributed by atoms with van der Waals surface area (Å²) < 4.78 is 10.3. The van der Waals surface area contributed by atoms with Crippen molar-refractivity contribution in [1.29, 1.82) is 0 Å². The maximum absolute atomic E-state index is 10.6. The molecule has 0 rings (SSSR count). The summed E-state index contributed by atoms with van der Waals surface area (Å²) in [6.07, 6.45) is 3.21. The number of carbonyl (C=O) groups is 1. The van der Waals surface area contributed by atoms with Gasteiger partial charge in [0, 0.05) is 14.0 Å². The zero-order valence-electron chi connectivity index (χ0n) is 10.6. The molecule has 3 nitrogen and oxygen atoms in total. The molecule has 0 bridgehead atoms. The summed E-state index contributed by atoms with van der Waals surface area (Å²) in [5.41, 5.74) is -0.0405. The molecule has 0 aliphatic carbocycles. The summed E-state index contributed by atoms with van der Waals surface area (Å²) >= 11 is 0. The predicted octanol–water partition coefficient (Wildman–Crippen LogP) is 2.78. The van der Waals surface area contributed by atoms with Gasteiger partial charge >= 0.3 is 5.97 Å². The Labute approximate surface area is 93.1 Å². The lowest BCUT2D eigenvalue weighted by atomic mass is 9.97. The Hall–Kier alpha value is -0.570. The molecule has 90 valence electrons. The molecule has 0 aliphatic rings. The quantitative estimate of drug-likeness (QED) is 0.614. The van der Waals surface area contributed by atoms with Crippen molar-refractivity contribution in [1.82, 2.24) is 0 Å². The average Bonchev–Trinajstić information content (AvgIpc) is 2.14. The summed E-state index contributed by atoms with van der Waals surface area (Å²) in [4.78, 5) is 10.6. The molecule has 0 aromatic rings. The van der Waals surface area contributed by atoms with Gasteiger partial charge in [-0.05, 0) is 32.6 Å². The molecule has 0 spiro atoms. The zero-order valence-corrected chi connectivity index (χ0v) is 10.6. The van der Waals surface area contributed by atoms with Crippen LogP contribution >= 0.6 is 0 Å². The minimum atomic E-state index is -0.195. The van der Waals surface area contributed by atoms with Gasteiger partial charge in [0.1, 0.15) is 0 Å². The summed E-state index contributed by atoms with van der Waals surface area (Å²) in [5, 5.41) is 0. The maximum Gasteiger partial charge on any atom is 0.302 e. The first-order chi connectivity index (χ1) is 6.87. The van der Waals surface area contributed by atoms with Crippen molar-refractivity contribution >= 4 is 5.97 Å². The highest BCUT2D eigenvalue weighted by atomic mass is 16.5.